The number of rotatable bonds is 4. The zero-order valence-corrected chi connectivity index (χ0v) is 18.7. The number of halogens is 1. The van der Waals surface area contributed by atoms with Crippen molar-refractivity contribution in [3.8, 4) is 0 Å². The standard InChI is InChI=1S/C25H30FN3O3/c1-3-24(2)16-31-25(32-17-24)19-8-4-6-10-21(19)29(23(25)30)18-27-12-14-28(15-13-27)22-11-7-5-9-20(22)26/h4-11H,3,12-18H2,1-2H3. The molecule has 0 aromatic heterocycles. The minimum absolute atomic E-state index is 0.0864. The Morgan fingerprint density at radius 1 is 0.938 bits per heavy atom. The molecular weight excluding hydrogens is 409 g/mol. The van der Waals surface area contributed by atoms with Gasteiger partial charge in [0.2, 0.25) is 0 Å². The summed E-state index contributed by atoms with van der Waals surface area (Å²) in [5.74, 6) is -1.70. The topological polar surface area (TPSA) is 45.3 Å². The van der Waals surface area contributed by atoms with E-state index in [1.807, 2.05) is 36.4 Å². The van der Waals surface area contributed by atoms with Crippen molar-refractivity contribution in [1.82, 2.24) is 4.90 Å². The van der Waals surface area contributed by atoms with E-state index in [9.17, 15) is 9.18 Å². The quantitative estimate of drug-likeness (QED) is 0.729. The molecule has 3 aliphatic rings. The number of fused-ring (bicyclic) bond motifs is 2. The molecule has 0 radical (unpaired) electrons. The van der Waals surface area contributed by atoms with Gasteiger partial charge in [-0.2, -0.15) is 0 Å². The number of carbonyl (C=O) groups excluding carboxylic acids is 1. The second kappa shape index (κ2) is 8.14. The van der Waals surface area contributed by atoms with Crippen molar-refractivity contribution in [2.75, 3.05) is 55.9 Å². The van der Waals surface area contributed by atoms with Crippen LogP contribution in [0.3, 0.4) is 0 Å². The number of hydrogen-bond acceptors (Lipinski definition) is 5. The van der Waals surface area contributed by atoms with Gasteiger partial charge in [-0.05, 0) is 24.6 Å². The maximum absolute atomic E-state index is 14.2. The summed E-state index contributed by atoms with van der Waals surface area (Å²) in [4.78, 5) is 19.7. The first kappa shape index (κ1) is 21.4. The maximum Gasteiger partial charge on any atom is 0.293 e. The zero-order chi connectivity index (χ0) is 22.3. The van der Waals surface area contributed by atoms with Gasteiger partial charge in [0.1, 0.15) is 5.82 Å². The molecule has 3 aliphatic heterocycles. The number of anilines is 2. The van der Waals surface area contributed by atoms with Gasteiger partial charge in [0.15, 0.2) is 0 Å². The number of para-hydroxylation sites is 2. The largest absolute Gasteiger partial charge is 0.367 e. The second-order valence-electron chi connectivity index (χ2n) is 9.31. The van der Waals surface area contributed by atoms with E-state index < -0.39 is 5.79 Å². The van der Waals surface area contributed by atoms with Crippen molar-refractivity contribution in [2.45, 2.75) is 26.1 Å². The Bertz CT molecular complexity index is 997. The molecule has 5 rings (SSSR count). The first-order valence-corrected chi connectivity index (χ1v) is 11.4. The summed E-state index contributed by atoms with van der Waals surface area (Å²) < 4.78 is 26.6. The number of nitrogens with zero attached hydrogens (tertiary/aromatic N) is 3. The highest BCUT2D eigenvalue weighted by Gasteiger charge is 2.57. The van der Waals surface area contributed by atoms with Gasteiger partial charge in [0.05, 0.1) is 31.3 Å². The zero-order valence-electron chi connectivity index (χ0n) is 18.7. The summed E-state index contributed by atoms with van der Waals surface area (Å²) in [7, 11) is 0. The van der Waals surface area contributed by atoms with Crippen molar-refractivity contribution >= 4 is 17.3 Å². The summed E-state index contributed by atoms with van der Waals surface area (Å²) in [6.07, 6.45) is 0.926. The maximum atomic E-state index is 14.2. The fourth-order valence-electron chi connectivity index (χ4n) is 4.69. The van der Waals surface area contributed by atoms with E-state index in [-0.39, 0.29) is 17.1 Å². The van der Waals surface area contributed by atoms with E-state index in [0.29, 0.717) is 38.7 Å². The smallest absolute Gasteiger partial charge is 0.293 e. The lowest BCUT2D eigenvalue weighted by molar-refractivity contribution is -0.289. The molecule has 2 aromatic carbocycles. The normalized spacial score (nSPS) is 28.4. The monoisotopic (exact) mass is 439 g/mol. The second-order valence-corrected chi connectivity index (χ2v) is 9.31. The predicted octanol–water partition coefficient (Wildman–Crippen LogP) is 3.57. The summed E-state index contributed by atoms with van der Waals surface area (Å²) in [6, 6.07) is 14.6. The van der Waals surface area contributed by atoms with E-state index in [2.05, 4.69) is 23.6 Å². The number of piperazine rings is 1. The van der Waals surface area contributed by atoms with Crippen LogP contribution in [0.25, 0.3) is 0 Å². The lowest BCUT2D eigenvalue weighted by Gasteiger charge is -2.42. The van der Waals surface area contributed by atoms with Gasteiger partial charge in [-0.25, -0.2) is 4.39 Å². The molecule has 7 heteroatoms. The summed E-state index contributed by atoms with van der Waals surface area (Å²) >= 11 is 0. The van der Waals surface area contributed by atoms with Gasteiger partial charge < -0.3 is 14.4 Å². The number of ether oxygens (including phenoxy) is 2. The number of hydrogen-bond donors (Lipinski definition) is 0. The average molecular weight is 440 g/mol. The van der Waals surface area contributed by atoms with Crippen LogP contribution in [-0.4, -0.2) is 56.9 Å². The lowest BCUT2D eigenvalue weighted by atomic mass is 9.88. The van der Waals surface area contributed by atoms with Crippen molar-refractivity contribution in [3.63, 3.8) is 0 Å². The van der Waals surface area contributed by atoms with Crippen molar-refractivity contribution in [2.24, 2.45) is 5.41 Å². The summed E-state index contributed by atoms with van der Waals surface area (Å²) in [5.41, 5.74) is 2.18. The molecule has 0 bridgehead atoms. The molecule has 2 fully saturated rings. The van der Waals surface area contributed by atoms with Crippen LogP contribution < -0.4 is 9.80 Å². The molecule has 0 aliphatic carbocycles. The fourth-order valence-corrected chi connectivity index (χ4v) is 4.69. The molecular formula is C25H30FN3O3. The van der Waals surface area contributed by atoms with E-state index >= 15 is 0 Å². The third-order valence-corrected chi connectivity index (χ3v) is 7.08. The summed E-state index contributed by atoms with van der Waals surface area (Å²) in [5, 5.41) is 0. The molecule has 0 saturated carbocycles. The highest BCUT2D eigenvalue weighted by molar-refractivity contribution is 6.06. The van der Waals surface area contributed by atoms with Crippen LogP contribution in [0, 0.1) is 11.2 Å². The SMILES string of the molecule is CCC1(C)COC2(OC1)C(=O)N(CN1CCN(c3ccccc3F)CC1)c1ccccc12. The number of benzene rings is 2. The molecule has 2 aromatic rings. The van der Waals surface area contributed by atoms with Crippen LogP contribution in [-0.2, 0) is 20.1 Å². The predicted molar refractivity (Wildman–Crippen MR) is 121 cm³/mol. The molecule has 1 spiro atoms. The van der Waals surface area contributed by atoms with Crippen LogP contribution in [0.15, 0.2) is 48.5 Å². The first-order valence-electron chi connectivity index (χ1n) is 11.4. The van der Waals surface area contributed by atoms with Crippen molar-refractivity contribution < 1.29 is 18.7 Å². The van der Waals surface area contributed by atoms with E-state index in [1.165, 1.54) is 6.07 Å². The molecule has 0 unspecified atom stereocenters. The molecule has 0 N–H and O–H groups in total. The van der Waals surface area contributed by atoms with E-state index in [0.717, 1.165) is 30.8 Å². The number of carbonyl (C=O) groups is 1. The molecule has 170 valence electrons. The Labute approximate surface area is 188 Å². The molecule has 6 nitrogen and oxygen atoms in total. The van der Waals surface area contributed by atoms with E-state index in [4.69, 9.17) is 9.47 Å². The van der Waals surface area contributed by atoms with Crippen LogP contribution >= 0.6 is 0 Å². The minimum atomic E-state index is -1.35. The third-order valence-electron chi connectivity index (χ3n) is 7.08. The summed E-state index contributed by atoms with van der Waals surface area (Å²) in [6.45, 7) is 8.55. The Balaban J connectivity index is 1.31. The van der Waals surface area contributed by atoms with Crippen molar-refractivity contribution in [1.29, 1.82) is 0 Å². The van der Waals surface area contributed by atoms with Gasteiger partial charge in [-0.3, -0.25) is 14.6 Å². The van der Waals surface area contributed by atoms with Crippen LogP contribution in [0.4, 0.5) is 15.8 Å². The molecule has 0 atom stereocenters. The van der Waals surface area contributed by atoms with Crippen LogP contribution in [0.5, 0.6) is 0 Å². The lowest BCUT2D eigenvalue weighted by Crippen LogP contribution is -2.55. The minimum Gasteiger partial charge on any atom is -0.367 e. The molecule has 32 heavy (non-hydrogen) atoms. The third kappa shape index (κ3) is 3.49. The van der Waals surface area contributed by atoms with Crippen LogP contribution in [0.2, 0.25) is 0 Å². The van der Waals surface area contributed by atoms with Crippen molar-refractivity contribution in [3.05, 3.63) is 59.9 Å². The van der Waals surface area contributed by atoms with Gasteiger partial charge >= 0.3 is 0 Å². The van der Waals surface area contributed by atoms with Gasteiger partial charge in [-0.1, -0.05) is 44.2 Å². The Kier molecular flexibility index (Phi) is 5.43. The highest BCUT2D eigenvalue weighted by atomic mass is 19.1. The molecule has 3 heterocycles. The fraction of sp³-hybridized carbons (Fsp3) is 0.480. The first-order chi connectivity index (χ1) is 15.5. The highest BCUT2D eigenvalue weighted by Crippen LogP contribution is 2.47. The average Bonchev–Trinajstić information content (AvgIpc) is 3.05. The van der Waals surface area contributed by atoms with Gasteiger partial charge in [0, 0.05) is 37.2 Å². The van der Waals surface area contributed by atoms with Gasteiger partial charge in [-0.15, -0.1) is 0 Å². The Morgan fingerprint density at radius 3 is 2.22 bits per heavy atom. The van der Waals surface area contributed by atoms with Crippen LogP contribution in [0.1, 0.15) is 25.8 Å². The molecule has 1 amide bonds. The molecule has 2 saturated heterocycles. The van der Waals surface area contributed by atoms with E-state index in [1.54, 1.807) is 11.0 Å². The Morgan fingerprint density at radius 2 is 1.56 bits per heavy atom. The van der Waals surface area contributed by atoms with Gasteiger partial charge in [0.25, 0.3) is 11.7 Å². The number of amides is 1. The Hall–Kier alpha value is -2.48.